The van der Waals surface area contributed by atoms with Crippen LogP contribution in [-0.4, -0.2) is 36.6 Å². The SMILES string of the molecule is COC(=O)CCCN(C)c1ncnc(Cl)c1N. The van der Waals surface area contributed by atoms with Crippen LogP contribution in [0.5, 0.6) is 0 Å². The summed E-state index contributed by atoms with van der Waals surface area (Å²) in [5.41, 5.74) is 6.09. The van der Waals surface area contributed by atoms with Crippen molar-refractivity contribution in [1.82, 2.24) is 9.97 Å². The van der Waals surface area contributed by atoms with E-state index in [2.05, 4.69) is 14.7 Å². The normalized spacial score (nSPS) is 10.1. The molecule has 0 bridgehead atoms. The maximum Gasteiger partial charge on any atom is 0.305 e. The molecule has 0 saturated heterocycles. The van der Waals surface area contributed by atoms with E-state index in [0.29, 0.717) is 30.9 Å². The number of nitrogens with zero attached hydrogens (tertiary/aromatic N) is 3. The number of rotatable bonds is 5. The second-order valence-corrected chi connectivity index (χ2v) is 3.86. The molecule has 0 spiro atoms. The van der Waals surface area contributed by atoms with Crippen LogP contribution in [0.25, 0.3) is 0 Å². The van der Waals surface area contributed by atoms with Gasteiger partial charge in [-0.3, -0.25) is 4.79 Å². The van der Waals surface area contributed by atoms with E-state index >= 15 is 0 Å². The van der Waals surface area contributed by atoms with Crippen molar-refractivity contribution >= 4 is 29.1 Å². The summed E-state index contributed by atoms with van der Waals surface area (Å²) in [5, 5.41) is 0.231. The summed E-state index contributed by atoms with van der Waals surface area (Å²) in [4.78, 5) is 20.6. The van der Waals surface area contributed by atoms with E-state index < -0.39 is 0 Å². The zero-order chi connectivity index (χ0) is 12.8. The summed E-state index contributed by atoms with van der Waals surface area (Å²) in [5.74, 6) is 0.335. The zero-order valence-electron chi connectivity index (χ0n) is 9.81. The van der Waals surface area contributed by atoms with Gasteiger partial charge in [-0.2, -0.15) is 0 Å². The molecule has 1 aromatic heterocycles. The molecule has 17 heavy (non-hydrogen) atoms. The quantitative estimate of drug-likeness (QED) is 0.629. The van der Waals surface area contributed by atoms with Gasteiger partial charge < -0.3 is 15.4 Å². The highest BCUT2D eigenvalue weighted by atomic mass is 35.5. The van der Waals surface area contributed by atoms with E-state index in [-0.39, 0.29) is 11.1 Å². The summed E-state index contributed by atoms with van der Waals surface area (Å²) in [6, 6.07) is 0. The number of halogens is 1. The lowest BCUT2D eigenvalue weighted by atomic mass is 10.3. The third-order valence-corrected chi connectivity index (χ3v) is 2.58. The molecule has 0 aliphatic carbocycles. The Bertz CT molecular complexity index is 400. The number of nitrogens with two attached hydrogens (primary N) is 1. The van der Waals surface area contributed by atoms with E-state index in [1.807, 2.05) is 11.9 Å². The van der Waals surface area contributed by atoms with Gasteiger partial charge in [0.1, 0.15) is 12.0 Å². The van der Waals surface area contributed by atoms with Crippen LogP contribution >= 0.6 is 11.6 Å². The molecule has 0 atom stereocenters. The topological polar surface area (TPSA) is 81.3 Å². The Morgan fingerprint density at radius 2 is 2.29 bits per heavy atom. The predicted octanol–water partition coefficient (Wildman–Crippen LogP) is 1.10. The van der Waals surface area contributed by atoms with Gasteiger partial charge >= 0.3 is 5.97 Å². The van der Waals surface area contributed by atoms with Crippen LogP contribution < -0.4 is 10.6 Å². The third-order valence-electron chi connectivity index (χ3n) is 2.28. The van der Waals surface area contributed by atoms with E-state index in [1.54, 1.807) is 0 Å². The lowest BCUT2D eigenvalue weighted by molar-refractivity contribution is -0.140. The average molecular weight is 259 g/mol. The zero-order valence-corrected chi connectivity index (χ0v) is 10.6. The number of anilines is 2. The molecule has 0 aliphatic rings. The van der Waals surface area contributed by atoms with Gasteiger partial charge in [-0.05, 0) is 6.42 Å². The lowest BCUT2D eigenvalue weighted by Crippen LogP contribution is -2.22. The first-order chi connectivity index (χ1) is 8.06. The molecule has 94 valence electrons. The molecule has 2 N–H and O–H groups in total. The van der Waals surface area contributed by atoms with Crippen molar-refractivity contribution in [2.24, 2.45) is 0 Å². The number of hydrogen-bond acceptors (Lipinski definition) is 6. The molecule has 1 rings (SSSR count). The Balaban J connectivity index is 2.55. The minimum Gasteiger partial charge on any atom is -0.469 e. The summed E-state index contributed by atoms with van der Waals surface area (Å²) in [7, 11) is 3.19. The van der Waals surface area contributed by atoms with Gasteiger partial charge in [0.05, 0.1) is 7.11 Å². The number of carbonyl (C=O) groups excluding carboxylic acids is 1. The number of methoxy groups -OCH3 is 1. The first-order valence-corrected chi connectivity index (χ1v) is 5.48. The molecule has 0 unspecified atom stereocenters. The van der Waals surface area contributed by atoms with Crippen molar-refractivity contribution < 1.29 is 9.53 Å². The largest absolute Gasteiger partial charge is 0.469 e. The van der Waals surface area contributed by atoms with Crippen molar-refractivity contribution in [3.8, 4) is 0 Å². The standard InChI is InChI=1S/C10H15ClN4O2/c1-15(5-3-4-7(16)17-2)10-8(12)9(11)13-6-14-10/h6H,3-5,12H2,1-2H3. The highest BCUT2D eigenvalue weighted by Gasteiger charge is 2.11. The maximum atomic E-state index is 10.9. The molecule has 7 heteroatoms. The van der Waals surface area contributed by atoms with Gasteiger partial charge in [-0.15, -0.1) is 0 Å². The number of hydrogen-bond donors (Lipinski definition) is 1. The fourth-order valence-electron chi connectivity index (χ4n) is 1.34. The fourth-order valence-corrected chi connectivity index (χ4v) is 1.47. The first kappa shape index (κ1) is 13.5. The first-order valence-electron chi connectivity index (χ1n) is 5.10. The van der Waals surface area contributed by atoms with Gasteiger partial charge in [0, 0.05) is 20.0 Å². The monoisotopic (exact) mass is 258 g/mol. The number of esters is 1. The second kappa shape index (κ2) is 6.24. The Morgan fingerprint density at radius 3 is 2.94 bits per heavy atom. The lowest BCUT2D eigenvalue weighted by Gasteiger charge is -2.19. The Kier molecular flexibility index (Phi) is 4.96. The molecule has 0 amide bonds. The molecule has 0 aromatic carbocycles. The third kappa shape index (κ3) is 3.74. The molecule has 1 heterocycles. The van der Waals surface area contributed by atoms with Gasteiger partial charge in [-0.1, -0.05) is 11.6 Å². The summed E-state index contributed by atoms with van der Waals surface area (Å²) in [6.07, 6.45) is 2.37. The van der Waals surface area contributed by atoms with Gasteiger partial charge in [0.2, 0.25) is 0 Å². The molecule has 6 nitrogen and oxygen atoms in total. The number of carbonyl (C=O) groups is 1. The molecule has 0 fully saturated rings. The second-order valence-electron chi connectivity index (χ2n) is 3.50. The number of aromatic nitrogens is 2. The Hall–Kier alpha value is -1.56. The van der Waals surface area contributed by atoms with Crippen molar-refractivity contribution in [3.05, 3.63) is 11.5 Å². The Labute approximate surface area is 105 Å². The minimum atomic E-state index is -0.230. The van der Waals surface area contributed by atoms with Crippen molar-refractivity contribution in [2.45, 2.75) is 12.8 Å². The van der Waals surface area contributed by atoms with Crippen LogP contribution in [-0.2, 0) is 9.53 Å². The molecule has 0 saturated carbocycles. The molecule has 1 aromatic rings. The van der Waals surface area contributed by atoms with Crippen molar-refractivity contribution in [2.75, 3.05) is 31.3 Å². The maximum absolute atomic E-state index is 10.9. The van der Waals surface area contributed by atoms with Crippen LogP contribution in [0.1, 0.15) is 12.8 Å². The van der Waals surface area contributed by atoms with Crippen molar-refractivity contribution in [3.63, 3.8) is 0 Å². The van der Waals surface area contributed by atoms with Crippen LogP contribution in [0.15, 0.2) is 6.33 Å². The smallest absolute Gasteiger partial charge is 0.305 e. The van der Waals surface area contributed by atoms with Crippen LogP contribution in [0, 0.1) is 0 Å². The number of nitrogen functional groups attached to an aromatic ring is 1. The molecular formula is C10H15ClN4O2. The fraction of sp³-hybridized carbons (Fsp3) is 0.500. The van der Waals surface area contributed by atoms with Gasteiger partial charge in [-0.25, -0.2) is 9.97 Å². The van der Waals surface area contributed by atoms with Gasteiger partial charge in [0.25, 0.3) is 0 Å². The summed E-state index contributed by atoms with van der Waals surface area (Å²) < 4.78 is 4.55. The van der Waals surface area contributed by atoms with Gasteiger partial charge in [0.15, 0.2) is 11.0 Å². The number of ether oxygens (including phenoxy) is 1. The van der Waals surface area contributed by atoms with E-state index in [1.165, 1.54) is 13.4 Å². The molecular weight excluding hydrogens is 244 g/mol. The summed E-state index contributed by atoms with van der Waals surface area (Å²) in [6.45, 7) is 0.632. The highest BCUT2D eigenvalue weighted by molar-refractivity contribution is 6.32. The Morgan fingerprint density at radius 1 is 1.59 bits per heavy atom. The molecule has 0 aliphatic heterocycles. The van der Waals surface area contributed by atoms with Crippen molar-refractivity contribution in [1.29, 1.82) is 0 Å². The van der Waals surface area contributed by atoms with Crippen LogP contribution in [0.3, 0.4) is 0 Å². The average Bonchev–Trinajstić information content (AvgIpc) is 2.32. The highest BCUT2D eigenvalue weighted by Crippen LogP contribution is 2.24. The van der Waals surface area contributed by atoms with E-state index in [0.717, 1.165) is 0 Å². The van der Waals surface area contributed by atoms with Crippen LogP contribution in [0.2, 0.25) is 5.15 Å². The molecule has 0 radical (unpaired) electrons. The van der Waals surface area contributed by atoms with E-state index in [4.69, 9.17) is 17.3 Å². The van der Waals surface area contributed by atoms with E-state index in [9.17, 15) is 4.79 Å². The minimum absolute atomic E-state index is 0.230. The summed E-state index contributed by atoms with van der Waals surface area (Å²) >= 11 is 5.79. The van der Waals surface area contributed by atoms with Crippen LogP contribution in [0.4, 0.5) is 11.5 Å². The predicted molar refractivity (Wildman–Crippen MR) is 66.0 cm³/mol.